The van der Waals surface area contributed by atoms with Gasteiger partial charge in [0.15, 0.2) is 0 Å². The van der Waals surface area contributed by atoms with E-state index in [-0.39, 0.29) is 24.8 Å². The van der Waals surface area contributed by atoms with Crippen LogP contribution < -0.4 is 10.2 Å². The van der Waals surface area contributed by atoms with Crippen LogP contribution in [-0.2, 0) is 16.0 Å². The number of aryl methyl sites for hydroxylation is 1. The van der Waals surface area contributed by atoms with Gasteiger partial charge in [-0.15, -0.1) is 0 Å². The first-order chi connectivity index (χ1) is 13.0. The van der Waals surface area contributed by atoms with Crippen molar-refractivity contribution in [1.29, 1.82) is 0 Å². The zero-order valence-electron chi connectivity index (χ0n) is 15.5. The van der Waals surface area contributed by atoms with Crippen LogP contribution in [0.3, 0.4) is 0 Å². The number of hydrogen-bond acceptors (Lipinski definition) is 3. The van der Waals surface area contributed by atoms with E-state index in [0.717, 1.165) is 29.9 Å². The summed E-state index contributed by atoms with van der Waals surface area (Å²) in [6.07, 6.45) is 0.288. The van der Waals surface area contributed by atoms with E-state index < -0.39 is 0 Å². The van der Waals surface area contributed by atoms with Crippen LogP contribution in [0.1, 0.15) is 11.1 Å². The Hall–Kier alpha value is -2.53. The van der Waals surface area contributed by atoms with Gasteiger partial charge in [-0.1, -0.05) is 47.5 Å². The molecule has 1 N–H and O–H groups in total. The van der Waals surface area contributed by atoms with Gasteiger partial charge >= 0.3 is 0 Å². The van der Waals surface area contributed by atoms with Crippen molar-refractivity contribution in [1.82, 2.24) is 10.2 Å². The maximum atomic E-state index is 12.4. The summed E-state index contributed by atoms with van der Waals surface area (Å²) in [5.74, 6) is -0.178. The van der Waals surface area contributed by atoms with Gasteiger partial charge in [0, 0.05) is 36.9 Å². The number of piperazine rings is 1. The number of hydrogen-bond donors (Lipinski definition) is 1. The molecule has 0 saturated carbocycles. The molecule has 0 unspecified atom stereocenters. The number of rotatable bonds is 5. The Morgan fingerprint density at radius 3 is 2.41 bits per heavy atom. The van der Waals surface area contributed by atoms with E-state index in [2.05, 4.69) is 10.2 Å². The summed E-state index contributed by atoms with van der Waals surface area (Å²) in [7, 11) is 0. The predicted molar refractivity (Wildman–Crippen MR) is 108 cm³/mol. The Balaban J connectivity index is 1.42. The van der Waals surface area contributed by atoms with Crippen molar-refractivity contribution >= 4 is 29.1 Å². The largest absolute Gasteiger partial charge is 0.368 e. The molecule has 2 aromatic rings. The van der Waals surface area contributed by atoms with Crippen molar-refractivity contribution in [3.63, 3.8) is 0 Å². The summed E-state index contributed by atoms with van der Waals surface area (Å²) >= 11 is 6.05. The molecule has 2 aromatic carbocycles. The first-order valence-corrected chi connectivity index (χ1v) is 9.49. The molecule has 0 aromatic heterocycles. The molecule has 1 saturated heterocycles. The molecule has 6 heteroatoms. The molecular formula is C21H24ClN3O2. The Bertz CT molecular complexity index is 799. The zero-order chi connectivity index (χ0) is 19.2. The van der Waals surface area contributed by atoms with Gasteiger partial charge in [0.05, 0.1) is 13.0 Å². The summed E-state index contributed by atoms with van der Waals surface area (Å²) < 4.78 is 0. The third kappa shape index (κ3) is 5.47. The number of carbonyl (C=O) groups excluding carboxylic acids is 2. The Morgan fingerprint density at radius 1 is 1.04 bits per heavy atom. The second kappa shape index (κ2) is 8.91. The fourth-order valence-electron chi connectivity index (χ4n) is 3.13. The molecule has 0 radical (unpaired) electrons. The number of nitrogens with one attached hydrogen (secondary N) is 1. The Kier molecular flexibility index (Phi) is 6.35. The summed E-state index contributed by atoms with van der Waals surface area (Å²) in [4.78, 5) is 28.4. The zero-order valence-corrected chi connectivity index (χ0v) is 16.2. The summed E-state index contributed by atoms with van der Waals surface area (Å²) in [6, 6.07) is 15.6. The molecule has 1 fully saturated rings. The number of nitrogens with zero attached hydrogens (tertiary/aromatic N) is 2. The number of carbonyl (C=O) groups is 2. The average molecular weight is 386 g/mol. The van der Waals surface area contributed by atoms with Crippen molar-refractivity contribution in [3.05, 3.63) is 64.7 Å². The normalized spacial score (nSPS) is 14.1. The van der Waals surface area contributed by atoms with Gasteiger partial charge in [0.1, 0.15) is 0 Å². The van der Waals surface area contributed by atoms with Crippen LogP contribution in [0.15, 0.2) is 48.5 Å². The minimum absolute atomic E-state index is 0.0435. The lowest BCUT2D eigenvalue weighted by atomic mass is 10.1. The highest BCUT2D eigenvalue weighted by Crippen LogP contribution is 2.20. The number of benzene rings is 2. The van der Waals surface area contributed by atoms with Gasteiger partial charge in [0.25, 0.3) is 0 Å². The van der Waals surface area contributed by atoms with Gasteiger partial charge in [0.2, 0.25) is 11.8 Å². The van der Waals surface area contributed by atoms with E-state index in [4.69, 9.17) is 11.6 Å². The van der Waals surface area contributed by atoms with Crippen LogP contribution in [0.5, 0.6) is 0 Å². The minimum atomic E-state index is -0.134. The molecule has 142 valence electrons. The van der Waals surface area contributed by atoms with Gasteiger partial charge in [-0.05, 0) is 30.7 Å². The van der Waals surface area contributed by atoms with Crippen LogP contribution in [0.4, 0.5) is 5.69 Å². The van der Waals surface area contributed by atoms with Crippen LogP contribution in [0, 0.1) is 6.92 Å². The quantitative estimate of drug-likeness (QED) is 0.860. The maximum Gasteiger partial charge on any atom is 0.242 e. The van der Waals surface area contributed by atoms with Crippen molar-refractivity contribution in [2.24, 2.45) is 0 Å². The molecule has 0 spiro atoms. The molecule has 0 atom stereocenters. The number of halogens is 1. The lowest BCUT2D eigenvalue weighted by Crippen LogP contribution is -2.51. The number of amides is 2. The van der Waals surface area contributed by atoms with Crippen LogP contribution in [0.25, 0.3) is 0 Å². The molecule has 1 aliphatic heterocycles. The van der Waals surface area contributed by atoms with Gasteiger partial charge < -0.3 is 15.1 Å². The van der Waals surface area contributed by atoms with E-state index in [0.29, 0.717) is 18.1 Å². The highest BCUT2D eigenvalue weighted by Gasteiger charge is 2.21. The lowest BCUT2D eigenvalue weighted by molar-refractivity contribution is -0.133. The second-order valence-corrected chi connectivity index (χ2v) is 7.22. The fourth-order valence-corrected chi connectivity index (χ4v) is 3.31. The fraction of sp³-hybridized carbons (Fsp3) is 0.333. The first kappa shape index (κ1) is 19.2. The van der Waals surface area contributed by atoms with Gasteiger partial charge in [-0.3, -0.25) is 9.59 Å². The van der Waals surface area contributed by atoms with E-state index in [1.165, 1.54) is 0 Å². The second-order valence-electron chi connectivity index (χ2n) is 6.79. The van der Waals surface area contributed by atoms with Crippen LogP contribution >= 0.6 is 11.6 Å². The molecule has 1 heterocycles. The van der Waals surface area contributed by atoms with E-state index in [1.807, 2.05) is 55.5 Å². The van der Waals surface area contributed by atoms with Crippen LogP contribution in [-0.4, -0.2) is 49.4 Å². The van der Waals surface area contributed by atoms with Crippen molar-refractivity contribution in [2.45, 2.75) is 13.3 Å². The molecule has 3 rings (SSSR count). The maximum absolute atomic E-state index is 12.4. The Labute approximate surface area is 164 Å². The van der Waals surface area contributed by atoms with E-state index in [1.54, 1.807) is 4.90 Å². The standard InChI is InChI=1S/C21H24ClN3O2/c1-16-5-7-17(8-6-16)13-20(26)23-15-21(27)25-11-9-24(10-12-25)19-4-2-3-18(22)14-19/h2-8,14H,9-13,15H2,1H3,(H,23,26). The molecular weight excluding hydrogens is 362 g/mol. The van der Waals surface area contributed by atoms with Gasteiger partial charge in [-0.2, -0.15) is 0 Å². The monoisotopic (exact) mass is 385 g/mol. The first-order valence-electron chi connectivity index (χ1n) is 9.12. The molecule has 0 aliphatic carbocycles. The van der Waals surface area contributed by atoms with E-state index >= 15 is 0 Å². The van der Waals surface area contributed by atoms with Gasteiger partial charge in [-0.25, -0.2) is 0 Å². The SMILES string of the molecule is Cc1ccc(CC(=O)NCC(=O)N2CCN(c3cccc(Cl)c3)CC2)cc1. The summed E-state index contributed by atoms with van der Waals surface area (Å²) in [6.45, 7) is 4.83. The van der Waals surface area contributed by atoms with Crippen LogP contribution in [0.2, 0.25) is 5.02 Å². The van der Waals surface area contributed by atoms with Crippen molar-refractivity contribution in [3.8, 4) is 0 Å². The molecule has 27 heavy (non-hydrogen) atoms. The lowest BCUT2D eigenvalue weighted by Gasteiger charge is -2.36. The smallest absolute Gasteiger partial charge is 0.242 e. The Morgan fingerprint density at radius 2 is 1.74 bits per heavy atom. The third-order valence-electron chi connectivity index (χ3n) is 4.73. The topological polar surface area (TPSA) is 52.7 Å². The van der Waals surface area contributed by atoms with Crippen molar-refractivity contribution in [2.75, 3.05) is 37.6 Å². The highest BCUT2D eigenvalue weighted by molar-refractivity contribution is 6.30. The number of anilines is 1. The predicted octanol–water partition coefficient (Wildman–Crippen LogP) is 2.66. The molecule has 0 bridgehead atoms. The summed E-state index contributed by atoms with van der Waals surface area (Å²) in [5.41, 5.74) is 3.17. The van der Waals surface area contributed by atoms with E-state index in [9.17, 15) is 9.59 Å². The molecule has 1 aliphatic rings. The van der Waals surface area contributed by atoms with Crippen molar-refractivity contribution < 1.29 is 9.59 Å². The average Bonchev–Trinajstić information content (AvgIpc) is 2.68. The highest BCUT2D eigenvalue weighted by atomic mass is 35.5. The summed E-state index contributed by atoms with van der Waals surface area (Å²) in [5, 5.41) is 3.44. The molecule has 5 nitrogen and oxygen atoms in total. The minimum Gasteiger partial charge on any atom is -0.368 e. The third-order valence-corrected chi connectivity index (χ3v) is 4.96. The molecule has 2 amide bonds.